The van der Waals surface area contributed by atoms with Gasteiger partial charge in [-0.2, -0.15) is 0 Å². The third-order valence-electron chi connectivity index (χ3n) is 5.70. The van der Waals surface area contributed by atoms with E-state index >= 15 is 0 Å². The highest BCUT2D eigenvalue weighted by atomic mass is 16.7. The Morgan fingerprint density at radius 2 is 1.53 bits per heavy atom. The van der Waals surface area contributed by atoms with E-state index in [1.54, 1.807) is 13.8 Å². The third-order valence-corrected chi connectivity index (χ3v) is 5.70. The summed E-state index contributed by atoms with van der Waals surface area (Å²) in [5.74, 6) is -0.464. The Kier molecular flexibility index (Phi) is 7.81. The van der Waals surface area contributed by atoms with Crippen LogP contribution in [0.4, 0.5) is 0 Å². The van der Waals surface area contributed by atoms with Crippen molar-refractivity contribution >= 4 is 11.9 Å². The standard InChI is InChI=1S/C23H30O7/c1-14-9-8-10-15(2)23(14,5)22(25)30-18-11-19(28-12-26-6)20(17(4)16(18)3)21(24)29-13-27-7/h9-11H,8,12-13H2,1-7H3. The van der Waals surface area contributed by atoms with Crippen LogP contribution in [0.2, 0.25) is 0 Å². The van der Waals surface area contributed by atoms with Crippen molar-refractivity contribution in [3.63, 3.8) is 0 Å². The lowest BCUT2D eigenvalue weighted by Gasteiger charge is -2.32. The van der Waals surface area contributed by atoms with E-state index in [9.17, 15) is 9.59 Å². The van der Waals surface area contributed by atoms with E-state index < -0.39 is 11.4 Å². The summed E-state index contributed by atoms with van der Waals surface area (Å²) in [5, 5.41) is 0. The molecule has 1 aromatic rings. The Labute approximate surface area is 177 Å². The molecule has 164 valence electrons. The van der Waals surface area contributed by atoms with Crippen LogP contribution in [0.25, 0.3) is 0 Å². The Morgan fingerprint density at radius 1 is 0.933 bits per heavy atom. The van der Waals surface area contributed by atoms with Crippen LogP contribution in [0.1, 0.15) is 48.7 Å². The van der Waals surface area contributed by atoms with E-state index in [1.807, 2.05) is 32.9 Å². The van der Waals surface area contributed by atoms with Crippen molar-refractivity contribution in [3.05, 3.63) is 46.1 Å². The molecule has 0 saturated heterocycles. The average Bonchev–Trinajstić information content (AvgIpc) is 2.71. The van der Waals surface area contributed by atoms with Crippen LogP contribution in [-0.4, -0.2) is 39.7 Å². The number of allylic oxidation sites excluding steroid dienone is 2. The molecule has 0 N–H and O–H groups in total. The first kappa shape index (κ1) is 23.6. The minimum absolute atomic E-state index is 0.0815. The van der Waals surface area contributed by atoms with Crippen LogP contribution in [0.5, 0.6) is 11.5 Å². The smallest absolute Gasteiger partial charge is 0.344 e. The lowest BCUT2D eigenvalue weighted by molar-refractivity contribution is -0.141. The second-order valence-electron chi connectivity index (χ2n) is 7.41. The molecule has 0 unspecified atom stereocenters. The Bertz CT molecular complexity index is 862. The molecule has 0 saturated carbocycles. The molecular weight excluding hydrogens is 388 g/mol. The van der Waals surface area contributed by atoms with Gasteiger partial charge < -0.3 is 23.7 Å². The van der Waals surface area contributed by atoms with E-state index in [1.165, 1.54) is 20.3 Å². The monoisotopic (exact) mass is 418 g/mol. The van der Waals surface area contributed by atoms with Gasteiger partial charge >= 0.3 is 11.9 Å². The summed E-state index contributed by atoms with van der Waals surface area (Å²) in [6, 6.07) is 1.52. The van der Waals surface area contributed by atoms with Gasteiger partial charge in [-0.15, -0.1) is 0 Å². The largest absolute Gasteiger partial charge is 0.467 e. The predicted molar refractivity (Wildman–Crippen MR) is 112 cm³/mol. The van der Waals surface area contributed by atoms with Crippen molar-refractivity contribution < 1.29 is 33.3 Å². The zero-order valence-electron chi connectivity index (χ0n) is 18.7. The van der Waals surface area contributed by atoms with E-state index in [4.69, 9.17) is 23.7 Å². The Hall–Kier alpha value is -2.64. The van der Waals surface area contributed by atoms with Gasteiger partial charge in [0.25, 0.3) is 0 Å². The van der Waals surface area contributed by atoms with Crippen molar-refractivity contribution in [1.29, 1.82) is 0 Å². The molecule has 0 amide bonds. The van der Waals surface area contributed by atoms with Crippen molar-refractivity contribution in [2.75, 3.05) is 27.8 Å². The zero-order valence-corrected chi connectivity index (χ0v) is 18.7. The highest BCUT2D eigenvalue weighted by Crippen LogP contribution is 2.41. The maximum Gasteiger partial charge on any atom is 0.344 e. The minimum Gasteiger partial charge on any atom is -0.467 e. The molecule has 0 radical (unpaired) electrons. The minimum atomic E-state index is -0.845. The first-order valence-corrected chi connectivity index (χ1v) is 9.67. The number of carbonyl (C=O) groups is 2. The van der Waals surface area contributed by atoms with Crippen LogP contribution in [0.15, 0.2) is 29.4 Å². The molecule has 1 aliphatic carbocycles. The first-order valence-electron chi connectivity index (χ1n) is 9.67. The predicted octanol–water partition coefficient (Wildman–Crippen LogP) is 4.25. The van der Waals surface area contributed by atoms with Gasteiger partial charge in [-0.3, -0.25) is 4.79 Å². The second kappa shape index (κ2) is 9.91. The Morgan fingerprint density at radius 3 is 2.10 bits per heavy atom. The number of methoxy groups -OCH3 is 2. The summed E-state index contributed by atoms with van der Waals surface area (Å²) >= 11 is 0. The number of ether oxygens (including phenoxy) is 5. The van der Waals surface area contributed by atoms with E-state index in [-0.39, 0.29) is 30.9 Å². The number of carbonyl (C=O) groups excluding carboxylic acids is 2. The van der Waals surface area contributed by atoms with Crippen LogP contribution in [0, 0.1) is 19.3 Å². The SMILES string of the molecule is COCOC(=O)c1c(OCOC)cc(OC(=O)C2(C)C(C)=CCC=C2C)c(C)c1C. The summed E-state index contributed by atoms with van der Waals surface area (Å²) in [5.41, 5.74) is 2.50. The van der Waals surface area contributed by atoms with Crippen molar-refractivity contribution in [1.82, 2.24) is 0 Å². The zero-order chi connectivity index (χ0) is 22.5. The maximum atomic E-state index is 13.2. The van der Waals surface area contributed by atoms with Gasteiger partial charge in [-0.25, -0.2) is 4.79 Å². The lowest BCUT2D eigenvalue weighted by Crippen LogP contribution is -2.35. The van der Waals surface area contributed by atoms with Crippen molar-refractivity contribution in [3.8, 4) is 11.5 Å². The number of hydrogen-bond donors (Lipinski definition) is 0. The van der Waals surface area contributed by atoms with Gasteiger partial charge in [0.2, 0.25) is 0 Å². The van der Waals surface area contributed by atoms with Crippen LogP contribution in [0.3, 0.4) is 0 Å². The normalized spacial score (nSPS) is 15.2. The van der Waals surface area contributed by atoms with Crippen molar-refractivity contribution in [2.24, 2.45) is 5.41 Å². The first-order chi connectivity index (χ1) is 14.2. The summed E-state index contributed by atoms with van der Waals surface area (Å²) in [4.78, 5) is 25.7. The quantitative estimate of drug-likeness (QED) is 0.270. The molecule has 0 heterocycles. The average molecular weight is 418 g/mol. The summed E-state index contributed by atoms with van der Waals surface area (Å²) in [6.45, 7) is 8.96. The van der Waals surface area contributed by atoms with Gasteiger partial charge in [-0.05, 0) is 52.2 Å². The molecule has 0 aromatic heterocycles. The van der Waals surface area contributed by atoms with Crippen LogP contribution in [-0.2, 0) is 19.0 Å². The fourth-order valence-corrected chi connectivity index (χ4v) is 3.29. The van der Waals surface area contributed by atoms with Crippen molar-refractivity contribution in [2.45, 2.75) is 41.0 Å². The molecule has 1 aromatic carbocycles. The van der Waals surface area contributed by atoms with Gasteiger partial charge in [0.05, 0.1) is 0 Å². The molecule has 0 spiro atoms. The summed E-state index contributed by atoms with van der Waals surface area (Å²) in [7, 11) is 2.90. The molecular formula is C23H30O7. The molecule has 0 aliphatic heterocycles. The highest BCUT2D eigenvalue weighted by molar-refractivity contribution is 5.95. The highest BCUT2D eigenvalue weighted by Gasteiger charge is 2.40. The van der Waals surface area contributed by atoms with Gasteiger partial charge in [0, 0.05) is 20.3 Å². The molecule has 1 aliphatic rings. The molecule has 7 nitrogen and oxygen atoms in total. The lowest BCUT2D eigenvalue weighted by atomic mass is 9.73. The fraction of sp³-hybridized carbons (Fsp3) is 0.478. The number of esters is 2. The van der Waals surface area contributed by atoms with E-state index in [2.05, 4.69) is 0 Å². The van der Waals surface area contributed by atoms with Gasteiger partial charge in [0.1, 0.15) is 22.5 Å². The summed E-state index contributed by atoms with van der Waals surface area (Å²) in [6.07, 6.45) is 4.84. The maximum absolute atomic E-state index is 13.2. The number of benzene rings is 1. The fourth-order valence-electron chi connectivity index (χ4n) is 3.29. The Balaban J connectivity index is 2.46. The van der Waals surface area contributed by atoms with E-state index in [0.29, 0.717) is 16.9 Å². The second-order valence-corrected chi connectivity index (χ2v) is 7.41. The summed E-state index contributed by atoms with van der Waals surface area (Å²) < 4.78 is 26.3. The molecule has 7 heteroatoms. The van der Waals surface area contributed by atoms with E-state index in [0.717, 1.165) is 17.6 Å². The molecule has 0 fully saturated rings. The molecule has 30 heavy (non-hydrogen) atoms. The molecule has 0 atom stereocenters. The number of rotatable bonds is 8. The molecule has 0 bridgehead atoms. The molecule has 2 rings (SSSR count). The third kappa shape index (κ3) is 4.57. The topological polar surface area (TPSA) is 80.3 Å². The van der Waals surface area contributed by atoms with Gasteiger partial charge in [0.15, 0.2) is 13.6 Å². The van der Waals surface area contributed by atoms with Crippen LogP contribution >= 0.6 is 0 Å². The number of hydrogen-bond acceptors (Lipinski definition) is 7. The van der Waals surface area contributed by atoms with Crippen LogP contribution < -0.4 is 9.47 Å². The van der Waals surface area contributed by atoms with Gasteiger partial charge in [-0.1, -0.05) is 23.3 Å².